The SMILES string of the molecule is O=C(O)CC1=CC(/C=C/C2C=CC=C(CC(=O)O)C2)=CCC1. The van der Waals surface area contributed by atoms with Crippen LogP contribution in [0.15, 0.2) is 59.3 Å². The molecule has 0 amide bonds. The maximum absolute atomic E-state index is 10.8. The lowest BCUT2D eigenvalue weighted by molar-refractivity contribution is -0.137. The molecule has 4 nitrogen and oxygen atoms in total. The third-order valence-corrected chi connectivity index (χ3v) is 3.70. The van der Waals surface area contributed by atoms with Crippen LogP contribution in [0, 0.1) is 5.92 Å². The number of carbonyl (C=O) groups is 2. The van der Waals surface area contributed by atoms with E-state index in [2.05, 4.69) is 12.2 Å². The van der Waals surface area contributed by atoms with Crippen LogP contribution in [0.4, 0.5) is 0 Å². The van der Waals surface area contributed by atoms with Crippen molar-refractivity contribution in [3.05, 3.63) is 59.3 Å². The highest BCUT2D eigenvalue weighted by molar-refractivity contribution is 5.71. The summed E-state index contributed by atoms with van der Waals surface area (Å²) in [5.41, 5.74) is 2.90. The Kier molecular flexibility index (Phi) is 5.53. The predicted octanol–water partition coefficient (Wildman–Crippen LogP) is 3.64. The van der Waals surface area contributed by atoms with Gasteiger partial charge in [-0.2, -0.15) is 0 Å². The van der Waals surface area contributed by atoms with Gasteiger partial charge in [-0.15, -0.1) is 0 Å². The Morgan fingerprint density at radius 3 is 2.64 bits per heavy atom. The molecule has 0 saturated carbocycles. The molecule has 0 heterocycles. The monoisotopic (exact) mass is 300 g/mol. The van der Waals surface area contributed by atoms with Crippen LogP contribution >= 0.6 is 0 Å². The minimum atomic E-state index is -0.805. The van der Waals surface area contributed by atoms with E-state index in [1.54, 1.807) is 0 Å². The highest BCUT2D eigenvalue weighted by Gasteiger charge is 2.12. The third-order valence-electron chi connectivity index (χ3n) is 3.70. The number of carboxylic acid groups (broad SMARTS) is 2. The van der Waals surface area contributed by atoms with Crippen LogP contribution in [-0.4, -0.2) is 22.2 Å². The Morgan fingerprint density at radius 2 is 1.91 bits per heavy atom. The topological polar surface area (TPSA) is 74.6 Å². The van der Waals surface area contributed by atoms with Gasteiger partial charge in [0, 0.05) is 0 Å². The number of hydrogen-bond acceptors (Lipinski definition) is 2. The van der Waals surface area contributed by atoms with Crippen molar-refractivity contribution in [3.8, 4) is 0 Å². The molecule has 2 N–H and O–H groups in total. The highest BCUT2D eigenvalue weighted by Crippen LogP contribution is 2.25. The molecule has 0 aromatic heterocycles. The summed E-state index contributed by atoms with van der Waals surface area (Å²) in [6.07, 6.45) is 16.5. The molecular formula is C18H20O4. The van der Waals surface area contributed by atoms with E-state index >= 15 is 0 Å². The Bertz CT molecular complexity index is 603. The van der Waals surface area contributed by atoms with E-state index in [0.717, 1.165) is 36.0 Å². The first-order valence-electron chi connectivity index (χ1n) is 7.40. The van der Waals surface area contributed by atoms with Crippen LogP contribution in [0.1, 0.15) is 32.1 Å². The molecule has 0 aromatic rings. The molecule has 0 radical (unpaired) electrons. The normalized spacial score (nSPS) is 21.3. The lowest BCUT2D eigenvalue weighted by Gasteiger charge is -2.15. The van der Waals surface area contributed by atoms with Crippen molar-refractivity contribution >= 4 is 11.9 Å². The summed E-state index contributed by atoms with van der Waals surface area (Å²) in [6, 6.07) is 0. The van der Waals surface area contributed by atoms with E-state index in [1.165, 1.54) is 0 Å². The Balaban J connectivity index is 1.95. The molecule has 2 aliphatic carbocycles. The molecule has 0 spiro atoms. The fourth-order valence-electron chi connectivity index (χ4n) is 2.71. The molecular weight excluding hydrogens is 280 g/mol. The lowest BCUT2D eigenvalue weighted by Crippen LogP contribution is -2.04. The quantitative estimate of drug-likeness (QED) is 0.785. The van der Waals surface area contributed by atoms with Gasteiger partial charge < -0.3 is 10.2 Å². The molecule has 1 unspecified atom stereocenters. The van der Waals surface area contributed by atoms with Gasteiger partial charge in [0.25, 0.3) is 0 Å². The first-order valence-corrected chi connectivity index (χ1v) is 7.40. The van der Waals surface area contributed by atoms with Gasteiger partial charge in [-0.1, -0.05) is 53.7 Å². The van der Waals surface area contributed by atoms with E-state index in [1.807, 2.05) is 30.4 Å². The molecule has 22 heavy (non-hydrogen) atoms. The zero-order chi connectivity index (χ0) is 15.9. The zero-order valence-electron chi connectivity index (χ0n) is 12.4. The molecule has 0 aromatic carbocycles. The number of hydrogen-bond donors (Lipinski definition) is 2. The summed E-state index contributed by atoms with van der Waals surface area (Å²) < 4.78 is 0. The van der Waals surface area contributed by atoms with Crippen LogP contribution in [0.25, 0.3) is 0 Å². The summed E-state index contributed by atoms with van der Waals surface area (Å²) in [5.74, 6) is -1.41. The van der Waals surface area contributed by atoms with Gasteiger partial charge in [0.2, 0.25) is 0 Å². The molecule has 0 aliphatic heterocycles. The predicted molar refractivity (Wildman–Crippen MR) is 84.4 cm³/mol. The van der Waals surface area contributed by atoms with Crippen molar-refractivity contribution < 1.29 is 19.8 Å². The molecule has 116 valence electrons. The minimum absolute atomic E-state index is 0.0834. The lowest BCUT2D eigenvalue weighted by atomic mass is 9.91. The maximum atomic E-state index is 10.8. The second-order valence-electron chi connectivity index (χ2n) is 5.62. The Morgan fingerprint density at radius 1 is 1.18 bits per heavy atom. The highest BCUT2D eigenvalue weighted by atomic mass is 16.4. The van der Waals surface area contributed by atoms with Crippen molar-refractivity contribution in [2.24, 2.45) is 5.92 Å². The molecule has 0 bridgehead atoms. The second-order valence-corrected chi connectivity index (χ2v) is 5.62. The average molecular weight is 300 g/mol. The van der Waals surface area contributed by atoms with Crippen molar-refractivity contribution in [2.45, 2.75) is 32.1 Å². The van der Waals surface area contributed by atoms with Crippen molar-refractivity contribution in [2.75, 3.05) is 0 Å². The van der Waals surface area contributed by atoms with Gasteiger partial charge in [-0.05, 0) is 30.8 Å². The second kappa shape index (κ2) is 7.59. The number of aliphatic carboxylic acids is 2. The Labute approximate surface area is 129 Å². The summed E-state index contributed by atoms with van der Waals surface area (Å²) in [5, 5.41) is 17.7. The van der Waals surface area contributed by atoms with Crippen LogP contribution in [0.3, 0.4) is 0 Å². The molecule has 1 atom stereocenters. The van der Waals surface area contributed by atoms with E-state index in [4.69, 9.17) is 10.2 Å². The zero-order valence-corrected chi connectivity index (χ0v) is 12.4. The minimum Gasteiger partial charge on any atom is -0.481 e. The van der Waals surface area contributed by atoms with Crippen molar-refractivity contribution in [3.63, 3.8) is 0 Å². The van der Waals surface area contributed by atoms with Gasteiger partial charge >= 0.3 is 11.9 Å². The standard InChI is InChI=1S/C18H20O4/c19-17(20)11-15-5-1-3-13(9-15)7-8-14-4-2-6-16(10-14)12-18(21)22/h1,3-5,7-8,10,13H,2,6,9,11-12H2,(H,19,20)(H,21,22)/b8-7+. The van der Waals surface area contributed by atoms with E-state index in [0.29, 0.717) is 0 Å². The first kappa shape index (κ1) is 16.0. The van der Waals surface area contributed by atoms with Gasteiger partial charge in [0.1, 0.15) is 0 Å². The van der Waals surface area contributed by atoms with E-state index in [-0.39, 0.29) is 18.8 Å². The van der Waals surface area contributed by atoms with Crippen LogP contribution in [-0.2, 0) is 9.59 Å². The van der Waals surface area contributed by atoms with Gasteiger partial charge in [-0.25, -0.2) is 0 Å². The van der Waals surface area contributed by atoms with Crippen molar-refractivity contribution in [1.29, 1.82) is 0 Å². The summed E-state index contributed by atoms with van der Waals surface area (Å²) in [7, 11) is 0. The van der Waals surface area contributed by atoms with Crippen LogP contribution in [0.2, 0.25) is 0 Å². The van der Waals surface area contributed by atoms with E-state index in [9.17, 15) is 9.59 Å². The Hall–Kier alpha value is -2.36. The number of allylic oxidation sites excluding steroid dienone is 8. The third kappa shape index (κ3) is 5.20. The summed E-state index contributed by atoms with van der Waals surface area (Å²) in [4.78, 5) is 21.5. The average Bonchev–Trinajstić information content (AvgIpc) is 2.44. The van der Waals surface area contributed by atoms with Crippen LogP contribution < -0.4 is 0 Å². The van der Waals surface area contributed by atoms with Crippen LogP contribution in [0.5, 0.6) is 0 Å². The fraction of sp³-hybridized carbons (Fsp3) is 0.333. The molecule has 0 fully saturated rings. The fourth-order valence-corrected chi connectivity index (χ4v) is 2.71. The van der Waals surface area contributed by atoms with Gasteiger partial charge in [-0.3, -0.25) is 9.59 Å². The number of carboxylic acids is 2. The van der Waals surface area contributed by atoms with Gasteiger partial charge in [0.15, 0.2) is 0 Å². The van der Waals surface area contributed by atoms with E-state index < -0.39 is 11.9 Å². The smallest absolute Gasteiger partial charge is 0.307 e. The van der Waals surface area contributed by atoms with Crippen molar-refractivity contribution in [1.82, 2.24) is 0 Å². The largest absolute Gasteiger partial charge is 0.481 e. The number of rotatable bonds is 6. The molecule has 2 aliphatic rings. The molecule has 4 heteroatoms. The molecule has 2 rings (SSSR count). The summed E-state index contributed by atoms with van der Waals surface area (Å²) >= 11 is 0. The van der Waals surface area contributed by atoms with Gasteiger partial charge in [0.05, 0.1) is 12.8 Å². The molecule has 0 saturated heterocycles. The first-order chi connectivity index (χ1) is 10.5. The summed E-state index contributed by atoms with van der Waals surface area (Å²) in [6.45, 7) is 0. The maximum Gasteiger partial charge on any atom is 0.307 e.